The Hall–Kier alpha value is -0.960. The Morgan fingerprint density at radius 1 is 1.47 bits per heavy atom. The molecule has 0 amide bonds. The summed E-state index contributed by atoms with van der Waals surface area (Å²) in [5.41, 5.74) is 0.772. The highest BCUT2D eigenvalue weighted by Crippen LogP contribution is 2.31. The summed E-state index contributed by atoms with van der Waals surface area (Å²) in [6.07, 6.45) is 5.19. The van der Waals surface area contributed by atoms with Crippen LogP contribution in [0.5, 0.6) is 0 Å². The second kappa shape index (κ2) is 4.27. The lowest BCUT2D eigenvalue weighted by Gasteiger charge is -2.06. The lowest BCUT2D eigenvalue weighted by molar-refractivity contribution is 0.0923. The van der Waals surface area contributed by atoms with E-state index in [0.29, 0.717) is 4.88 Å². The molecule has 2 rings (SSSR count). The molecule has 1 aliphatic carbocycles. The maximum atomic E-state index is 12.1. The van der Waals surface area contributed by atoms with Crippen LogP contribution < -0.4 is 0 Å². The van der Waals surface area contributed by atoms with Crippen LogP contribution in [0.1, 0.15) is 50.6 Å². The zero-order valence-electron chi connectivity index (χ0n) is 8.79. The molecule has 0 bridgehead atoms. The average molecular weight is 222 g/mol. The van der Waals surface area contributed by atoms with Gasteiger partial charge < -0.3 is 0 Å². The summed E-state index contributed by atoms with van der Waals surface area (Å²) in [6, 6.07) is 1.74. The van der Waals surface area contributed by atoms with Gasteiger partial charge in [0.15, 0.2) is 12.1 Å². The molecule has 0 atom stereocenters. The fourth-order valence-electron chi connectivity index (χ4n) is 2.22. The molecule has 15 heavy (non-hydrogen) atoms. The predicted octanol–water partition coefficient (Wildman–Crippen LogP) is 3.24. The molecule has 0 radical (unpaired) electrons. The predicted molar refractivity (Wildman–Crippen MR) is 60.7 cm³/mol. The fourth-order valence-corrected chi connectivity index (χ4v) is 3.06. The van der Waals surface area contributed by atoms with Crippen molar-refractivity contribution in [1.29, 1.82) is 0 Å². The molecule has 1 aromatic rings. The number of ketones is 1. The number of Topliss-reactive ketones (excluding diaryl/α,β-unsaturated/α-hetero) is 1. The number of aldehydes is 1. The zero-order valence-corrected chi connectivity index (χ0v) is 9.60. The number of thiophene rings is 1. The smallest absolute Gasteiger partial charge is 0.167 e. The second-order valence-electron chi connectivity index (χ2n) is 4.08. The van der Waals surface area contributed by atoms with Crippen molar-refractivity contribution in [2.45, 2.75) is 32.6 Å². The molecule has 80 valence electrons. The molecule has 0 spiro atoms. The van der Waals surface area contributed by atoms with Crippen LogP contribution in [-0.2, 0) is 0 Å². The lowest BCUT2D eigenvalue weighted by Crippen LogP contribution is -2.10. The second-order valence-corrected chi connectivity index (χ2v) is 5.37. The zero-order chi connectivity index (χ0) is 10.8. The Kier molecular flexibility index (Phi) is 3.00. The first-order valence-electron chi connectivity index (χ1n) is 5.32. The van der Waals surface area contributed by atoms with Gasteiger partial charge >= 0.3 is 0 Å². The van der Waals surface area contributed by atoms with Gasteiger partial charge in [-0.2, -0.15) is 0 Å². The van der Waals surface area contributed by atoms with Crippen molar-refractivity contribution in [1.82, 2.24) is 0 Å². The van der Waals surface area contributed by atoms with E-state index in [1.54, 1.807) is 6.07 Å². The summed E-state index contributed by atoms with van der Waals surface area (Å²) in [7, 11) is 0. The molecule has 0 N–H and O–H groups in total. The molecule has 3 heteroatoms. The van der Waals surface area contributed by atoms with Crippen molar-refractivity contribution >= 4 is 23.4 Å². The van der Waals surface area contributed by atoms with Crippen LogP contribution in [0, 0.1) is 12.8 Å². The van der Waals surface area contributed by atoms with E-state index in [0.717, 1.165) is 29.6 Å². The van der Waals surface area contributed by atoms with Crippen LogP contribution in [0.4, 0.5) is 0 Å². The molecule has 0 saturated heterocycles. The Balaban J connectivity index is 2.23. The van der Waals surface area contributed by atoms with Crippen molar-refractivity contribution < 1.29 is 9.59 Å². The Labute approximate surface area is 93.3 Å². The van der Waals surface area contributed by atoms with Crippen LogP contribution >= 0.6 is 11.3 Å². The highest BCUT2D eigenvalue weighted by atomic mass is 32.1. The third-order valence-electron chi connectivity index (χ3n) is 3.04. The quantitative estimate of drug-likeness (QED) is 0.581. The fraction of sp³-hybridized carbons (Fsp3) is 0.500. The van der Waals surface area contributed by atoms with E-state index >= 15 is 0 Å². The molecule has 1 saturated carbocycles. The Morgan fingerprint density at radius 3 is 2.67 bits per heavy atom. The van der Waals surface area contributed by atoms with Crippen molar-refractivity contribution in [2.24, 2.45) is 5.92 Å². The molecular weight excluding hydrogens is 208 g/mol. The van der Waals surface area contributed by atoms with Gasteiger partial charge in [-0.3, -0.25) is 9.59 Å². The molecule has 1 fully saturated rings. The first-order chi connectivity index (χ1) is 7.22. The van der Waals surface area contributed by atoms with Crippen molar-refractivity contribution in [2.75, 3.05) is 0 Å². The molecular formula is C12H14O2S. The number of aryl methyl sites for hydroxylation is 1. The minimum atomic E-state index is 0.206. The highest BCUT2D eigenvalue weighted by Gasteiger charge is 2.25. The Bertz CT molecular complexity index is 386. The normalized spacial score (nSPS) is 16.9. The van der Waals surface area contributed by atoms with E-state index in [-0.39, 0.29) is 11.7 Å². The van der Waals surface area contributed by atoms with Gasteiger partial charge in [-0.1, -0.05) is 12.8 Å². The van der Waals surface area contributed by atoms with Gasteiger partial charge in [-0.15, -0.1) is 11.3 Å². The van der Waals surface area contributed by atoms with Crippen LogP contribution in [0.15, 0.2) is 6.07 Å². The molecule has 1 heterocycles. The molecule has 0 unspecified atom stereocenters. The SMILES string of the molecule is Cc1sc(C=O)cc1C(=O)C1CCCC1. The summed E-state index contributed by atoms with van der Waals surface area (Å²) in [5.74, 6) is 0.451. The Morgan fingerprint density at radius 2 is 2.13 bits per heavy atom. The van der Waals surface area contributed by atoms with E-state index in [1.165, 1.54) is 24.2 Å². The summed E-state index contributed by atoms with van der Waals surface area (Å²) >= 11 is 1.41. The number of carbonyl (C=O) groups is 2. The van der Waals surface area contributed by atoms with Crippen LogP contribution in [0.25, 0.3) is 0 Å². The summed E-state index contributed by atoms with van der Waals surface area (Å²) in [5, 5.41) is 0. The number of hydrogen-bond donors (Lipinski definition) is 0. The van der Waals surface area contributed by atoms with Gasteiger partial charge in [-0.25, -0.2) is 0 Å². The van der Waals surface area contributed by atoms with Gasteiger partial charge in [0.25, 0.3) is 0 Å². The van der Waals surface area contributed by atoms with E-state index < -0.39 is 0 Å². The maximum Gasteiger partial charge on any atom is 0.167 e. The van der Waals surface area contributed by atoms with Gasteiger partial charge in [0, 0.05) is 16.4 Å². The summed E-state index contributed by atoms with van der Waals surface area (Å²) in [4.78, 5) is 24.3. The molecule has 2 nitrogen and oxygen atoms in total. The molecule has 1 aromatic heterocycles. The first-order valence-corrected chi connectivity index (χ1v) is 6.14. The minimum absolute atomic E-state index is 0.206. The standard InChI is InChI=1S/C12H14O2S/c1-8-11(6-10(7-13)15-8)12(14)9-4-2-3-5-9/h6-7,9H,2-5H2,1H3. The van der Waals surface area contributed by atoms with Crippen molar-refractivity contribution in [3.05, 3.63) is 21.4 Å². The van der Waals surface area contributed by atoms with E-state index in [1.807, 2.05) is 6.92 Å². The molecule has 1 aliphatic rings. The van der Waals surface area contributed by atoms with Crippen LogP contribution in [0.2, 0.25) is 0 Å². The van der Waals surface area contributed by atoms with E-state index in [9.17, 15) is 9.59 Å². The van der Waals surface area contributed by atoms with Crippen LogP contribution in [0.3, 0.4) is 0 Å². The van der Waals surface area contributed by atoms with Gasteiger partial charge in [0.05, 0.1) is 4.88 Å². The average Bonchev–Trinajstić information content (AvgIpc) is 2.85. The minimum Gasteiger partial charge on any atom is -0.297 e. The maximum absolute atomic E-state index is 12.1. The third-order valence-corrected chi connectivity index (χ3v) is 4.02. The highest BCUT2D eigenvalue weighted by molar-refractivity contribution is 7.13. The van der Waals surface area contributed by atoms with Gasteiger partial charge in [0.2, 0.25) is 0 Å². The summed E-state index contributed by atoms with van der Waals surface area (Å²) < 4.78 is 0. The molecule has 0 aliphatic heterocycles. The largest absolute Gasteiger partial charge is 0.297 e. The van der Waals surface area contributed by atoms with E-state index in [4.69, 9.17) is 0 Å². The monoisotopic (exact) mass is 222 g/mol. The van der Waals surface area contributed by atoms with Crippen molar-refractivity contribution in [3.63, 3.8) is 0 Å². The number of rotatable bonds is 3. The van der Waals surface area contributed by atoms with E-state index in [2.05, 4.69) is 0 Å². The third kappa shape index (κ3) is 2.02. The van der Waals surface area contributed by atoms with Crippen molar-refractivity contribution in [3.8, 4) is 0 Å². The van der Waals surface area contributed by atoms with Gasteiger partial charge in [-0.05, 0) is 25.8 Å². The lowest BCUT2D eigenvalue weighted by atomic mass is 9.97. The van der Waals surface area contributed by atoms with Crippen LogP contribution in [-0.4, -0.2) is 12.1 Å². The summed E-state index contributed by atoms with van der Waals surface area (Å²) in [6.45, 7) is 1.92. The number of carbonyl (C=O) groups excluding carboxylic acids is 2. The number of hydrogen-bond acceptors (Lipinski definition) is 3. The van der Waals surface area contributed by atoms with Gasteiger partial charge in [0.1, 0.15) is 0 Å². The first kappa shape index (κ1) is 10.6. The molecule has 0 aromatic carbocycles. The topological polar surface area (TPSA) is 34.1 Å².